The predicted octanol–water partition coefficient (Wildman–Crippen LogP) is 0.852. The molecule has 15 heavy (non-hydrogen) atoms. The van der Waals surface area contributed by atoms with Crippen molar-refractivity contribution in [3.63, 3.8) is 0 Å². The average molecular weight is 213 g/mol. The minimum absolute atomic E-state index is 0.304. The Kier molecular flexibility index (Phi) is 4.56. The maximum Gasteiger partial charge on any atom is 0.0254 e. The summed E-state index contributed by atoms with van der Waals surface area (Å²) in [6.45, 7) is 10.3. The first-order valence-electron chi connectivity index (χ1n) is 6.06. The molecule has 0 bridgehead atoms. The van der Waals surface area contributed by atoms with Gasteiger partial charge < -0.3 is 15.5 Å². The highest BCUT2D eigenvalue weighted by Gasteiger charge is 2.31. The van der Waals surface area contributed by atoms with Crippen molar-refractivity contribution in [1.29, 1.82) is 0 Å². The molecule has 1 rings (SSSR count). The van der Waals surface area contributed by atoms with Crippen LogP contribution in [0.25, 0.3) is 0 Å². The summed E-state index contributed by atoms with van der Waals surface area (Å²) in [6, 6.07) is 1.02. The quantitative estimate of drug-likeness (QED) is 0.751. The molecule has 1 saturated heterocycles. The fourth-order valence-corrected chi connectivity index (χ4v) is 2.44. The van der Waals surface area contributed by atoms with Gasteiger partial charge in [-0.05, 0) is 32.9 Å². The number of rotatable bonds is 4. The van der Waals surface area contributed by atoms with Crippen LogP contribution in [0.5, 0.6) is 0 Å². The largest absolute Gasteiger partial charge is 0.328 e. The molecule has 1 aliphatic rings. The first-order chi connectivity index (χ1) is 6.91. The molecule has 0 aromatic rings. The van der Waals surface area contributed by atoms with E-state index in [-0.39, 0.29) is 0 Å². The second-order valence-electron chi connectivity index (χ2n) is 5.56. The van der Waals surface area contributed by atoms with Crippen molar-refractivity contribution < 1.29 is 0 Å². The Morgan fingerprint density at radius 3 is 2.33 bits per heavy atom. The SMILES string of the molecule is CC(N)C(C)CN1CC(C)C(N(C)C)C1. The maximum absolute atomic E-state index is 5.91. The molecular formula is C12H27N3. The smallest absolute Gasteiger partial charge is 0.0254 e. The molecule has 90 valence electrons. The number of hydrogen-bond acceptors (Lipinski definition) is 3. The summed E-state index contributed by atoms with van der Waals surface area (Å²) >= 11 is 0. The Hall–Kier alpha value is -0.120. The van der Waals surface area contributed by atoms with Gasteiger partial charge >= 0.3 is 0 Å². The third kappa shape index (κ3) is 3.44. The zero-order chi connectivity index (χ0) is 11.6. The molecule has 4 atom stereocenters. The Bertz CT molecular complexity index is 189. The van der Waals surface area contributed by atoms with Gasteiger partial charge in [0.15, 0.2) is 0 Å². The predicted molar refractivity (Wildman–Crippen MR) is 65.9 cm³/mol. The van der Waals surface area contributed by atoms with Crippen LogP contribution in [0.2, 0.25) is 0 Å². The van der Waals surface area contributed by atoms with Gasteiger partial charge in [-0.3, -0.25) is 0 Å². The topological polar surface area (TPSA) is 32.5 Å². The zero-order valence-corrected chi connectivity index (χ0v) is 10.9. The van der Waals surface area contributed by atoms with Crippen molar-refractivity contribution in [3.8, 4) is 0 Å². The number of nitrogens with zero attached hydrogens (tertiary/aromatic N) is 2. The van der Waals surface area contributed by atoms with Crippen LogP contribution in [-0.4, -0.2) is 55.6 Å². The molecule has 0 aromatic carbocycles. The van der Waals surface area contributed by atoms with Crippen molar-refractivity contribution in [1.82, 2.24) is 9.80 Å². The van der Waals surface area contributed by atoms with Crippen molar-refractivity contribution in [2.75, 3.05) is 33.7 Å². The standard InChI is InChI=1S/C12H27N3/c1-9(11(3)13)6-15-7-10(2)12(8-15)14(4)5/h9-12H,6-8,13H2,1-5H3. The van der Waals surface area contributed by atoms with E-state index in [1.54, 1.807) is 0 Å². The van der Waals surface area contributed by atoms with Gasteiger partial charge in [0.25, 0.3) is 0 Å². The summed E-state index contributed by atoms with van der Waals surface area (Å²) in [5, 5.41) is 0. The first kappa shape index (κ1) is 12.9. The van der Waals surface area contributed by atoms with Gasteiger partial charge in [-0.2, -0.15) is 0 Å². The monoisotopic (exact) mass is 213 g/mol. The van der Waals surface area contributed by atoms with E-state index in [9.17, 15) is 0 Å². The van der Waals surface area contributed by atoms with Crippen LogP contribution in [0.15, 0.2) is 0 Å². The molecule has 1 heterocycles. The fraction of sp³-hybridized carbons (Fsp3) is 1.00. The summed E-state index contributed by atoms with van der Waals surface area (Å²) < 4.78 is 0. The molecular weight excluding hydrogens is 186 g/mol. The van der Waals surface area contributed by atoms with Crippen molar-refractivity contribution in [3.05, 3.63) is 0 Å². The van der Waals surface area contributed by atoms with E-state index in [0.717, 1.165) is 12.5 Å². The first-order valence-corrected chi connectivity index (χ1v) is 6.06. The Morgan fingerprint density at radius 1 is 1.33 bits per heavy atom. The lowest BCUT2D eigenvalue weighted by Crippen LogP contribution is -2.37. The lowest BCUT2D eigenvalue weighted by molar-refractivity contribution is 0.234. The highest BCUT2D eigenvalue weighted by Crippen LogP contribution is 2.21. The molecule has 0 amide bonds. The summed E-state index contributed by atoms with van der Waals surface area (Å²) in [5.41, 5.74) is 5.91. The lowest BCUT2D eigenvalue weighted by Gasteiger charge is -2.24. The Balaban J connectivity index is 2.41. The number of likely N-dealkylation sites (tertiary alicyclic amines) is 1. The van der Waals surface area contributed by atoms with Crippen LogP contribution in [0.4, 0.5) is 0 Å². The zero-order valence-electron chi connectivity index (χ0n) is 10.9. The summed E-state index contributed by atoms with van der Waals surface area (Å²) in [4.78, 5) is 4.91. The Labute approximate surface area is 94.6 Å². The van der Waals surface area contributed by atoms with Crippen LogP contribution >= 0.6 is 0 Å². The second-order valence-corrected chi connectivity index (χ2v) is 5.56. The lowest BCUT2D eigenvalue weighted by atomic mass is 10.0. The maximum atomic E-state index is 5.91. The van der Waals surface area contributed by atoms with Gasteiger partial charge in [0.2, 0.25) is 0 Å². The van der Waals surface area contributed by atoms with Crippen LogP contribution in [0.1, 0.15) is 20.8 Å². The van der Waals surface area contributed by atoms with Crippen LogP contribution in [-0.2, 0) is 0 Å². The van der Waals surface area contributed by atoms with E-state index in [4.69, 9.17) is 5.73 Å². The van der Waals surface area contributed by atoms with Crippen molar-refractivity contribution in [2.24, 2.45) is 17.6 Å². The molecule has 1 fully saturated rings. The van der Waals surface area contributed by atoms with Gasteiger partial charge in [0.05, 0.1) is 0 Å². The normalized spacial score (nSPS) is 32.2. The molecule has 4 unspecified atom stereocenters. The van der Waals surface area contributed by atoms with Gasteiger partial charge in [-0.25, -0.2) is 0 Å². The molecule has 0 aliphatic carbocycles. The average Bonchev–Trinajstić information content (AvgIpc) is 2.46. The molecule has 0 radical (unpaired) electrons. The summed E-state index contributed by atoms with van der Waals surface area (Å²) in [7, 11) is 4.36. The van der Waals surface area contributed by atoms with Gasteiger partial charge in [-0.15, -0.1) is 0 Å². The van der Waals surface area contributed by atoms with E-state index in [2.05, 4.69) is 44.7 Å². The third-order valence-corrected chi connectivity index (χ3v) is 3.76. The third-order valence-electron chi connectivity index (χ3n) is 3.76. The number of hydrogen-bond donors (Lipinski definition) is 1. The van der Waals surface area contributed by atoms with E-state index < -0.39 is 0 Å². The minimum Gasteiger partial charge on any atom is -0.328 e. The van der Waals surface area contributed by atoms with Crippen LogP contribution in [0.3, 0.4) is 0 Å². The van der Waals surface area contributed by atoms with Crippen molar-refractivity contribution in [2.45, 2.75) is 32.9 Å². The minimum atomic E-state index is 0.304. The highest BCUT2D eigenvalue weighted by molar-refractivity contribution is 4.87. The van der Waals surface area contributed by atoms with E-state index in [1.807, 2.05) is 0 Å². The second kappa shape index (κ2) is 5.28. The molecule has 0 aromatic heterocycles. The van der Waals surface area contributed by atoms with Crippen LogP contribution in [0, 0.1) is 11.8 Å². The summed E-state index contributed by atoms with van der Waals surface area (Å²) in [6.07, 6.45) is 0. The fourth-order valence-electron chi connectivity index (χ4n) is 2.44. The molecule has 3 nitrogen and oxygen atoms in total. The van der Waals surface area contributed by atoms with Gasteiger partial charge in [0.1, 0.15) is 0 Å². The highest BCUT2D eigenvalue weighted by atomic mass is 15.2. The molecule has 2 N–H and O–H groups in total. The molecule has 0 spiro atoms. The van der Waals surface area contributed by atoms with Crippen molar-refractivity contribution >= 4 is 0 Å². The van der Waals surface area contributed by atoms with E-state index in [1.165, 1.54) is 13.1 Å². The molecule has 1 aliphatic heterocycles. The van der Waals surface area contributed by atoms with Gasteiger partial charge in [-0.1, -0.05) is 13.8 Å². The summed E-state index contributed by atoms with van der Waals surface area (Å²) in [5.74, 6) is 1.37. The van der Waals surface area contributed by atoms with Crippen LogP contribution < -0.4 is 5.73 Å². The number of likely N-dealkylation sites (N-methyl/N-ethyl adjacent to an activating group) is 1. The molecule has 3 heteroatoms. The van der Waals surface area contributed by atoms with E-state index >= 15 is 0 Å². The van der Waals surface area contributed by atoms with E-state index in [0.29, 0.717) is 18.0 Å². The molecule has 0 saturated carbocycles. The Morgan fingerprint density at radius 2 is 1.93 bits per heavy atom. The van der Waals surface area contributed by atoms with Gasteiger partial charge in [0, 0.05) is 31.7 Å². The number of nitrogens with two attached hydrogens (primary N) is 1.